The summed E-state index contributed by atoms with van der Waals surface area (Å²) >= 11 is 0. The molecule has 102 valence electrons. The van der Waals surface area contributed by atoms with Gasteiger partial charge in [0, 0.05) is 29.8 Å². The van der Waals surface area contributed by atoms with Crippen LogP contribution in [0.1, 0.15) is 28.8 Å². The van der Waals surface area contributed by atoms with Crippen LogP contribution in [0.25, 0.3) is 0 Å². The number of rotatable bonds is 2. The van der Waals surface area contributed by atoms with Crippen molar-refractivity contribution in [2.24, 2.45) is 0 Å². The van der Waals surface area contributed by atoms with E-state index in [-0.39, 0.29) is 30.5 Å². The van der Waals surface area contributed by atoms with E-state index in [2.05, 4.69) is 0 Å². The molecule has 0 saturated carbocycles. The van der Waals surface area contributed by atoms with E-state index in [1.165, 1.54) is 15.9 Å². The minimum Gasteiger partial charge on any atom is -0.321 e. The van der Waals surface area contributed by atoms with Crippen LogP contribution in [0.4, 0.5) is 10.1 Å². The van der Waals surface area contributed by atoms with Crippen molar-refractivity contribution in [1.82, 2.24) is 4.90 Å². The monoisotopic (exact) mass is 273 g/mol. The van der Waals surface area contributed by atoms with Gasteiger partial charge in [-0.25, -0.2) is 4.39 Å². The highest BCUT2D eigenvalue weighted by Gasteiger charge is 2.32. The fourth-order valence-electron chi connectivity index (χ4n) is 2.70. The maximum Gasteiger partial charge on any atom is 0.255 e. The third kappa shape index (κ3) is 1.83. The summed E-state index contributed by atoms with van der Waals surface area (Å²) in [6.45, 7) is 0.597. The number of hydrogen-bond donors (Lipinski definition) is 0. The van der Waals surface area contributed by atoms with E-state index in [1.54, 1.807) is 6.07 Å². The van der Waals surface area contributed by atoms with E-state index in [1.807, 2.05) is 6.07 Å². The number of carbonyl (C=O) groups excluding carboxylic acids is 2. The standard InChI is InChI=1S/C14H12FN3O2/c15-12-7-9(18-4-1-2-13(18)19)6-10-11(12)8-17(5-3-16)14(10)20/h6-7H,1-2,4-5,8H2. The molecule has 6 heteroatoms. The fraction of sp³-hybridized carbons (Fsp3) is 0.357. The Morgan fingerprint density at radius 2 is 2.15 bits per heavy atom. The molecule has 1 aromatic rings. The molecule has 0 aliphatic carbocycles. The minimum absolute atomic E-state index is 0.0522. The second-order valence-electron chi connectivity index (χ2n) is 4.92. The molecule has 1 aromatic carbocycles. The normalized spacial score (nSPS) is 17.6. The van der Waals surface area contributed by atoms with Crippen LogP contribution in [0.5, 0.6) is 0 Å². The summed E-state index contributed by atoms with van der Waals surface area (Å²) in [5, 5.41) is 8.66. The van der Waals surface area contributed by atoms with E-state index in [0.717, 1.165) is 6.42 Å². The number of benzene rings is 1. The molecule has 0 N–H and O–H groups in total. The SMILES string of the molecule is N#CCN1Cc2c(F)cc(N3CCCC3=O)cc2C1=O. The van der Waals surface area contributed by atoms with Crippen LogP contribution in [-0.2, 0) is 11.3 Å². The lowest BCUT2D eigenvalue weighted by Gasteiger charge is -2.16. The maximum absolute atomic E-state index is 14.1. The summed E-state index contributed by atoms with van der Waals surface area (Å²) in [4.78, 5) is 26.6. The predicted octanol–water partition coefficient (Wildman–Crippen LogP) is 1.43. The van der Waals surface area contributed by atoms with Crippen LogP contribution in [-0.4, -0.2) is 29.8 Å². The number of halogens is 1. The van der Waals surface area contributed by atoms with E-state index in [9.17, 15) is 14.0 Å². The lowest BCUT2D eigenvalue weighted by molar-refractivity contribution is -0.117. The van der Waals surface area contributed by atoms with E-state index < -0.39 is 5.82 Å². The zero-order valence-electron chi connectivity index (χ0n) is 10.7. The second-order valence-corrected chi connectivity index (χ2v) is 4.92. The Labute approximate surface area is 115 Å². The highest BCUT2D eigenvalue weighted by atomic mass is 19.1. The molecule has 2 amide bonds. The van der Waals surface area contributed by atoms with Crippen molar-refractivity contribution in [2.75, 3.05) is 18.0 Å². The quantitative estimate of drug-likeness (QED) is 0.766. The zero-order chi connectivity index (χ0) is 14.3. The van der Waals surface area contributed by atoms with E-state index in [4.69, 9.17) is 5.26 Å². The number of fused-ring (bicyclic) bond motifs is 1. The summed E-state index contributed by atoms with van der Waals surface area (Å²) in [7, 11) is 0. The molecule has 0 bridgehead atoms. The average molecular weight is 273 g/mol. The highest BCUT2D eigenvalue weighted by Crippen LogP contribution is 2.31. The molecule has 0 atom stereocenters. The molecule has 2 aliphatic heterocycles. The highest BCUT2D eigenvalue weighted by molar-refractivity contribution is 6.01. The van der Waals surface area contributed by atoms with E-state index in [0.29, 0.717) is 24.2 Å². The summed E-state index contributed by atoms with van der Waals surface area (Å²) in [6.07, 6.45) is 1.19. The van der Waals surface area contributed by atoms with Gasteiger partial charge in [-0.05, 0) is 18.6 Å². The largest absolute Gasteiger partial charge is 0.321 e. The van der Waals surface area contributed by atoms with Gasteiger partial charge in [0.15, 0.2) is 0 Å². The molecule has 5 nitrogen and oxygen atoms in total. The fourth-order valence-corrected chi connectivity index (χ4v) is 2.70. The Kier molecular flexibility index (Phi) is 2.90. The van der Waals surface area contributed by atoms with Crippen molar-refractivity contribution in [3.05, 3.63) is 29.1 Å². The Morgan fingerprint density at radius 1 is 1.35 bits per heavy atom. The summed E-state index contributed by atoms with van der Waals surface area (Å²) < 4.78 is 14.1. The van der Waals surface area contributed by atoms with Crippen molar-refractivity contribution in [3.8, 4) is 6.07 Å². The first-order valence-corrected chi connectivity index (χ1v) is 6.41. The molecule has 0 radical (unpaired) electrons. The smallest absolute Gasteiger partial charge is 0.255 e. The van der Waals surface area contributed by atoms with E-state index >= 15 is 0 Å². The van der Waals surface area contributed by atoms with Gasteiger partial charge in [0.1, 0.15) is 12.4 Å². The lowest BCUT2D eigenvalue weighted by Crippen LogP contribution is -2.25. The number of carbonyl (C=O) groups is 2. The van der Waals surface area contributed by atoms with Gasteiger partial charge in [-0.15, -0.1) is 0 Å². The van der Waals surface area contributed by atoms with Gasteiger partial charge in [0.2, 0.25) is 5.91 Å². The van der Waals surface area contributed by atoms with Crippen LogP contribution < -0.4 is 4.90 Å². The molecule has 0 spiro atoms. The van der Waals surface area contributed by atoms with Crippen LogP contribution in [0.15, 0.2) is 12.1 Å². The van der Waals surface area contributed by atoms with Gasteiger partial charge in [-0.3, -0.25) is 9.59 Å². The van der Waals surface area contributed by atoms with Gasteiger partial charge in [-0.2, -0.15) is 5.26 Å². The van der Waals surface area contributed by atoms with Crippen LogP contribution in [0.2, 0.25) is 0 Å². The van der Waals surface area contributed by atoms with Crippen LogP contribution in [0, 0.1) is 17.1 Å². The Bertz CT molecular complexity index is 651. The third-order valence-corrected chi connectivity index (χ3v) is 3.69. The number of nitriles is 1. The first kappa shape index (κ1) is 12.6. The Hall–Kier alpha value is -2.42. The van der Waals surface area contributed by atoms with Gasteiger partial charge < -0.3 is 9.80 Å². The van der Waals surface area contributed by atoms with Gasteiger partial charge in [0.05, 0.1) is 12.6 Å². The molecular formula is C14H12FN3O2. The molecule has 0 unspecified atom stereocenters. The Balaban J connectivity index is 2.00. The lowest BCUT2D eigenvalue weighted by atomic mass is 10.1. The second kappa shape index (κ2) is 4.60. The molecule has 20 heavy (non-hydrogen) atoms. The molecule has 2 aliphatic rings. The van der Waals surface area contributed by atoms with Crippen molar-refractivity contribution < 1.29 is 14.0 Å². The molecule has 1 saturated heterocycles. The summed E-state index contributed by atoms with van der Waals surface area (Å²) in [5.74, 6) is -0.899. The van der Waals surface area contributed by atoms with Gasteiger partial charge in [-0.1, -0.05) is 0 Å². The molecule has 3 rings (SSSR count). The minimum atomic E-state index is -0.494. The summed E-state index contributed by atoms with van der Waals surface area (Å²) in [6, 6.07) is 4.74. The van der Waals surface area contributed by atoms with Crippen molar-refractivity contribution >= 4 is 17.5 Å². The van der Waals surface area contributed by atoms with Crippen molar-refractivity contribution in [3.63, 3.8) is 0 Å². The number of amides is 2. The van der Waals surface area contributed by atoms with Crippen molar-refractivity contribution in [2.45, 2.75) is 19.4 Å². The first-order valence-electron chi connectivity index (χ1n) is 6.41. The third-order valence-electron chi connectivity index (χ3n) is 3.69. The maximum atomic E-state index is 14.1. The van der Waals surface area contributed by atoms with Crippen LogP contribution >= 0.6 is 0 Å². The predicted molar refractivity (Wildman–Crippen MR) is 68.3 cm³/mol. The van der Waals surface area contributed by atoms with Gasteiger partial charge in [0.25, 0.3) is 5.91 Å². The number of hydrogen-bond acceptors (Lipinski definition) is 3. The molecular weight excluding hydrogens is 261 g/mol. The van der Waals surface area contributed by atoms with Crippen LogP contribution in [0.3, 0.4) is 0 Å². The number of anilines is 1. The zero-order valence-corrected chi connectivity index (χ0v) is 10.7. The van der Waals surface area contributed by atoms with Crippen molar-refractivity contribution in [1.29, 1.82) is 5.26 Å². The van der Waals surface area contributed by atoms with Gasteiger partial charge >= 0.3 is 0 Å². The number of nitrogens with zero attached hydrogens (tertiary/aromatic N) is 3. The Morgan fingerprint density at radius 3 is 2.80 bits per heavy atom. The summed E-state index contributed by atoms with van der Waals surface area (Å²) in [5.41, 5.74) is 0.992. The molecule has 0 aromatic heterocycles. The molecule has 2 heterocycles. The topological polar surface area (TPSA) is 64.4 Å². The average Bonchev–Trinajstić information content (AvgIpc) is 2.97. The first-order chi connectivity index (χ1) is 9.61. The molecule has 1 fully saturated rings.